The number of amides is 1. The zero-order valence-electron chi connectivity index (χ0n) is 13.0. The number of carbonyl (C=O) groups excluding carboxylic acids is 1. The van der Waals surface area contributed by atoms with Crippen LogP contribution in [0.1, 0.15) is 25.8 Å². The number of hydrogen-bond acceptors (Lipinski definition) is 3. The minimum atomic E-state index is -0.398. The third-order valence-electron chi connectivity index (χ3n) is 3.22. The predicted octanol–water partition coefficient (Wildman–Crippen LogP) is 2.53. The van der Waals surface area contributed by atoms with E-state index in [0.29, 0.717) is 17.0 Å². The summed E-state index contributed by atoms with van der Waals surface area (Å²) in [6.07, 6.45) is 0.710. The number of carbonyl (C=O) groups is 2. The van der Waals surface area contributed by atoms with Crippen molar-refractivity contribution < 1.29 is 19.1 Å². The number of carboxylic acid groups (broad SMARTS) is 1. The van der Waals surface area contributed by atoms with Gasteiger partial charge in [-0.05, 0) is 32.1 Å². The van der Waals surface area contributed by atoms with Crippen molar-refractivity contribution in [1.29, 1.82) is 0 Å². The van der Waals surface area contributed by atoms with Gasteiger partial charge in [-0.3, -0.25) is 14.5 Å². The number of nitrogens with zero attached hydrogens (tertiary/aromatic N) is 1. The van der Waals surface area contributed by atoms with E-state index in [1.165, 1.54) is 6.07 Å². The smallest absolute Gasteiger partial charge is 0.290 e. The maximum absolute atomic E-state index is 13.6. The van der Waals surface area contributed by atoms with E-state index in [2.05, 4.69) is 5.32 Å². The van der Waals surface area contributed by atoms with Gasteiger partial charge in [0.2, 0.25) is 5.91 Å². The predicted molar refractivity (Wildman–Crippen MR) is 84.3 cm³/mol. The Morgan fingerprint density at radius 3 is 2.55 bits per heavy atom. The van der Waals surface area contributed by atoms with E-state index < -0.39 is 5.82 Å². The van der Waals surface area contributed by atoms with Crippen molar-refractivity contribution in [2.75, 3.05) is 13.6 Å². The monoisotopic (exact) mass is 332 g/mol. The van der Waals surface area contributed by atoms with Gasteiger partial charge < -0.3 is 10.4 Å². The molecule has 7 heteroatoms. The molecule has 0 aliphatic carbocycles. The van der Waals surface area contributed by atoms with Gasteiger partial charge >= 0.3 is 0 Å². The second kappa shape index (κ2) is 11.0. The highest BCUT2D eigenvalue weighted by Crippen LogP contribution is 2.18. The summed E-state index contributed by atoms with van der Waals surface area (Å²) in [5, 5.41) is 9.96. The molecule has 1 aromatic carbocycles. The van der Waals surface area contributed by atoms with Gasteiger partial charge in [0, 0.05) is 17.1 Å². The molecule has 0 aliphatic heterocycles. The summed E-state index contributed by atoms with van der Waals surface area (Å²) in [5.74, 6) is -0.504. The molecular formula is C15H22ClFN2O3. The summed E-state index contributed by atoms with van der Waals surface area (Å²) < 4.78 is 13.6. The van der Waals surface area contributed by atoms with Gasteiger partial charge in [-0.1, -0.05) is 31.5 Å². The number of halogens is 2. The summed E-state index contributed by atoms with van der Waals surface area (Å²) in [7, 11) is 1.89. The Labute approximate surface area is 135 Å². The molecule has 0 spiro atoms. The summed E-state index contributed by atoms with van der Waals surface area (Å²) in [4.78, 5) is 22.4. The molecular weight excluding hydrogens is 311 g/mol. The van der Waals surface area contributed by atoms with E-state index in [1.54, 1.807) is 12.1 Å². The topological polar surface area (TPSA) is 69.6 Å². The first-order valence-corrected chi connectivity index (χ1v) is 7.29. The molecule has 1 atom stereocenters. The molecule has 0 saturated carbocycles. The molecule has 0 aromatic heterocycles. The van der Waals surface area contributed by atoms with Crippen molar-refractivity contribution in [3.05, 3.63) is 34.6 Å². The molecule has 1 aromatic rings. The second-order valence-electron chi connectivity index (χ2n) is 4.52. The van der Waals surface area contributed by atoms with Crippen LogP contribution in [0.2, 0.25) is 5.02 Å². The van der Waals surface area contributed by atoms with Crippen molar-refractivity contribution in [3.8, 4) is 0 Å². The molecule has 1 amide bonds. The van der Waals surface area contributed by atoms with Gasteiger partial charge in [-0.25, -0.2) is 4.39 Å². The molecule has 22 heavy (non-hydrogen) atoms. The average molecular weight is 333 g/mol. The van der Waals surface area contributed by atoms with Gasteiger partial charge in [0.1, 0.15) is 5.82 Å². The maximum atomic E-state index is 13.6. The lowest BCUT2D eigenvalue weighted by atomic mass is 10.1. The summed E-state index contributed by atoms with van der Waals surface area (Å²) in [6, 6.07) is 4.29. The summed E-state index contributed by atoms with van der Waals surface area (Å²) >= 11 is 5.91. The van der Waals surface area contributed by atoms with Crippen LogP contribution >= 0.6 is 11.6 Å². The van der Waals surface area contributed by atoms with E-state index in [9.17, 15) is 9.18 Å². The molecule has 0 fully saturated rings. The van der Waals surface area contributed by atoms with Gasteiger partial charge in [0.05, 0.1) is 6.04 Å². The van der Waals surface area contributed by atoms with E-state index in [1.807, 2.05) is 25.8 Å². The Morgan fingerprint density at radius 2 is 2.09 bits per heavy atom. The van der Waals surface area contributed by atoms with Crippen LogP contribution in [0.3, 0.4) is 0 Å². The normalized spacial score (nSPS) is 11.4. The second-order valence-corrected chi connectivity index (χ2v) is 4.93. The van der Waals surface area contributed by atoms with Gasteiger partial charge in [0.15, 0.2) is 0 Å². The Balaban J connectivity index is 0.00000135. The highest BCUT2D eigenvalue weighted by molar-refractivity contribution is 6.31. The standard InChI is InChI=1S/C14H20ClFN2O.CH2O2/c1-4-13(18(3)5-2)14(19)17-9-10-11(15)7-6-8-12(10)16;2-1-3/h6-8,13H,4-5,9H2,1-3H3,(H,17,19);1H,(H,2,3). The number of hydrogen-bond donors (Lipinski definition) is 2. The third kappa shape index (κ3) is 6.41. The van der Waals surface area contributed by atoms with Crippen LogP contribution in [0.4, 0.5) is 4.39 Å². The van der Waals surface area contributed by atoms with Gasteiger partial charge in [0.25, 0.3) is 6.47 Å². The molecule has 0 saturated heterocycles. The van der Waals surface area contributed by atoms with Crippen LogP contribution in [0.5, 0.6) is 0 Å². The first-order valence-electron chi connectivity index (χ1n) is 6.91. The maximum Gasteiger partial charge on any atom is 0.290 e. The molecule has 0 bridgehead atoms. The van der Waals surface area contributed by atoms with Gasteiger partial charge in [-0.2, -0.15) is 0 Å². The van der Waals surface area contributed by atoms with Crippen LogP contribution in [0, 0.1) is 5.82 Å². The summed E-state index contributed by atoms with van der Waals surface area (Å²) in [5.41, 5.74) is 0.325. The lowest BCUT2D eigenvalue weighted by Gasteiger charge is -2.24. The average Bonchev–Trinajstić information content (AvgIpc) is 2.48. The Morgan fingerprint density at radius 1 is 1.50 bits per heavy atom. The minimum Gasteiger partial charge on any atom is -0.483 e. The van der Waals surface area contributed by atoms with Crippen LogP contribution in [0.25, 0.3) is 0 Å². The quantitative estimate of drug-likeness (QED) is 0.785. The van der Waals surface area contributed by atoms with Gasteiger partial charge in [-0.15, -0.1) is 0 Å². The first-order chi connectivity index (χ1) is 10.4. The van der Waals surface area contributed by atoms with E-state index in [-0.39, 0.29) is 25.0 Å². The van der Waals surface area contributed by atoms with Crippen molar-refractivity contribution in [2.45, 2.75) is 32.9 Å². The fraction of sp³-hybridized carbons (Fsp3) is 0.467. The third-order valence-corrected chi connectivity index (χ3v) is 3.58. The fourth-order valence-electron chi connectivity index (χ4n) is 1.91. The number of rotatable bonds is 6. The van der Waals surface area contributed by atoms with E-state index >= 15 is 0 Å². The van der Waals surface area contributed by atoms with Crippen molar-refractivity contribution in [1.82, 2.24) is 10.2 Å². The van der Waals surface area contributed by atoms with E-state index in [0.717, 1.165) is 6.54 Å². The molecule has 0 heterocycles. The first kappa shape index (κ1) is 20.3. The van der Waals surface area contributed by atoms with Crippen LogP contribution < -0.4 is 5.32 Å². The largest absolute Gasteiger partial charge is 0.483 e. The molecule has 1 rings (SSSR count). The Hall–Kier alpha value is -1.66. The Bertz CT molecular complexity index is 466. The lowest BCUT2D eigenvalue weighted by molar-refractivity contribution is -0.126. The number of nitrogens with one attached hydrogen (secondary N) is 1. The molecule has 5 nitrogen and oxygen atoms in total. The minimum absolute atomic E-state index is 0.105. The van der Waals surface area contributed by atoms with Crippen molar-refractivity contribution >= 4 is 24.0 Å². The molecule has 0 radical (unpaired) electrons. The highest BCUT2D eigenvalue weighted by atomic mass is 35.5. The molecule has 2 N–H and O–H groups in total. The summed E-state index contributed by atoms with van der Waals surface area (Å²) in [6.45, 7) is 4.58. The molecule has 124 valence electrons. The van der Waals surface area contributed by atoms with E-state index in [4.69, 9.17) is 21.5 Å². The number of benzene rings is 1. The molecule has 0 aliphatic rings. The number of likely N-dealkylation sites (N-methyl/N-ethyl adjacent to an activating group) is 1. The lowest BCUT2D eigenvalue weighted by Crippen LogP contribution is -2.44. The van der Waals surface area contributed by atoms with Crippen molar-refractivity contribution in [3.63, 3.8) is 0 Å². The molecule has 1 unspecified atom stereocenters. The fourth-order valence-corrected chi connectivity index (χ4v) is 2.14. The Kier molecular flexibility index (Phi) is 10.2. The van der Waals surface area contributed by atoms with Crippen LogP contribution in [-0.4, -0.2) is 42.0 Å². The van der Waals surface area contributed by atoms with Crippen LogP contribution in [0.15, 0.2) is 18.2 Å². The highest BCUT2D eigenvalue weighted by Gasteiger charge is 2.20. The SMILES string of the molecule is CCC(C(=O)NCc1c(F)cccc1Cl)N(C)CC.O=CO. The zero-order chi connectivity index (χ0) is 17.1. The van der Waals surface area contributed by atoms with Crippen LogP contribution in [-0.2, 0) is 16.1 Å². The zero-order valence-corrected chi connectivity index (χ0v) is 13.7. The van der Waals surface area contributed by atoms with Crippen molar-refractivity contribution in [2.24, 2.45) is 0 Å².